The number of hydrogen-bond acceptors (Lipinski definition) is 7. The summed E-state index contributed by atoms with van der Waals surface area (Å²) in [4.78, 5) is 19.6. The molecule has 0 unspecified atom stereocenters. The van der Waals surface area contributed by atoms with Crippen molar-refractivity contribution in [2.45, 2.75) is 31.5 Å². The largest absolute Gasteiger partial charge is 0.394 e. The number of amides is 1. The molecule has 3 rings (SSSR count). The summed E-state index contributed by atoms with van der Waals surface area (Å²) in [5, 5.41) is 31.8. The summed E-state index contributed by atoms with van der Waals surface area (Å²) in [6, 6.07) is 1.59. The molecule has 1 saturated heterocycles. The summed E-state index contributed by atoms with van der Waals surface area (Å²) in [6.07, 6.45) is -2.78. The number of anilines is 1. The minimum atomic E-state index is -1.22. The third kappa shape index (κ3) is 2.83. The first-order chi connectivity index (χ1) is 10.9. The summed E-state index contributed by atoms with van der Waals surface area (Å²) >= 11 is 3.28. The number of pyridine rings is 1. The molecule has 1 aliphatic heterocycles. The molecule has 9 nitrogen and oxygen atoms in total. The van der Waals surface area contributed by atoms with Gasteiger partial charge in [-0.3, -0.25) is 4.79 Å². The smallest absolute Gasteiger partial charge is 0.222 e. The van der Waals surface area contributed by atoms with Crippen LogP contribution in [0.3, 0.4) is 0 Å². The van der Waals surface area contributed by atoms with Crippen molar-refractivity contribution in [3.8, 4) is 0 Å². The highest BCUT2D eigenvalue weighted by atomic mass is 79.9. The number of nitrogens with one attached hydrogen (secondary N) is 1. The van der Waals surface area contributed by atoms with Crippen LogP contribution >= 0.6 is 15.9 Å². The Morgan fingerprint density at radius 3 is 2.83 bits per heavy atom. The topological polar surface area (TPSA) is 130 Å². The van der Waals surface area contributed by atoms with E-state index in [9.17, 15) is 20.1 Å². The predicted octanol–water partition coefficient (Wildman–Crippen LogP) is -0.236. The van der Waals surface area contributed by atoms with Crippen LogP contribution in [-0.2, 0) is 9.53 Å². The van der Waals surface area contributed by atoms with Crippen LogP contribution in [-0.4, -0.2) is 60.7 Å². The number of carbonyl (C=O) groups is 1. The van der Waals surface area contributed by atoms with Crippen molar-refractivity contribution in [3.63, 3.8) is 0 Å². The van der Waals surface area contributed by atoms with Gasteiger partial charge in [0.25, 0.3) is 0 Å². The fourth-order valence-corrected chi connectivity index (χ4v) is 3.05. The van der Waals surface area contributed by atoms with Crippen LogP contribution in [0, 0.1) is 0 Å². The maximum atomic E-state index is 11.2. The van der Waals surface area contributed by atoms with Gasteiger partial charge in [0, 0.05) is 13.0 Å². The molecule has 0 saturated carbocycles. The number of aromatic nitrogens is 3. The van der Waals surface area contributed by atoms with E-state index in [2.05, 4.69) is 31.2 Å². The number of hydrogen-bond donors (Lipinski definition) is 4. The fourth-order valence-electron chi connectivity index (χ4n) is 2.55. The lowest BCUT2D eigenvalue weighted by atomic mass is 10.1. The Kier molecular flexibility index (Phi) is 4.34. The van der Waals surface area contributed by atoms with Crippen molar-refractivity contribution in [3.05, 3.63) is 17.0 Å². The minimum absolute atomic E-state index is 0.275. The molecule has 124 valence electrons. The average molecular weight is 387 g/mol. The number of ether oxygens (including phenoxy) is 1. The zero-order valence-electron chi connectivity index (χ0n) is 12.0. The molecule has 2 aromatic rings. The van der Waals surface area contributed by atoms with E-state index in [0.717, 1.165) is 0 Å². The minimum Gasteiger partial charge on any atom is -0.394 e. The number of halogens is 1. The van der Waals surface area contributed by atoms with Gasteiger partial charge in [-0.2, -0.15) is 0 Å². The van der Waals surface area contributed by atoms with Crippen LogP contribution in [0.25, 0.3) is 11.0 Å². The van der Waals surface area contributed by atoms with Gasteiger partial charge in [0.15, 0.2) is 6.23 Å². The standard InChI is InChI=1S/C13H15BrN4O5/c1-5(20)16-8-2-6-9(12(14)17-8)15-4-18(6)13-11(22)10(21)7(3-19)23-13/h2,4,7,10-11,13,19,21-22H,3H2,1H3,(H,16,17,20)/t7-,10+,11-,13-/m0/s1. The van der Waals surface area contributed by atoms with E-state index in [0.29, 0.717) is 21.5 Å². The summed E-state index contributed by atoms with van der Waals surface area (Å²) in [5.74, 6) is 0.0353. The number of imidazole rings is 1. The summed E-state index contributed by atoms with van der Waals surface area (Å²) in [7, 11) is 0. The Morgan fingerprint density at radius 1 is 1.48 bits per heavy atom. The van der Waals surface area contributed by atoms with Gasteiger partial charge in [-0.05, 0) is 15.9 Å². The van der Waals surface area contributed by atoms with Crippen molar-refractivity contribution < 1.29 is 24.9 Å². The van der Waals surface area contributed by atoms with Gasteiger partial charge >= 0.3 is 0 Å². The lowest BCUT2D eigenvalue weighted by molar-refractivity contribution is -0.114. The Morgan fingerprint density at radius 2 is 2.22 bits per heavy atom. The van der Waals surface area contributed by atoms with Crippen molar-refractivity contribution in [1.29, 1.82) is 0 Å². The van der Waals surface area contributed by atoms with Crippen molar-refractivity contribution in [1.82, 2.24) is 14.5 Å². The average Bonchev–Trinajstić information content (AvgIpc) is 3.01. The Labute approximate surface area is 139 Å². The van der Waals surface area contributed by atoms with Gasteiger partial charge in [-0.1, -0.05) is 0 Å². The van der Waals surface area contributed by atoms with Crippen molar-refractivity contribution >= 4 is 38.7 Å². The van der Waals surface area contributed by atoms with Crippen LogP contribution in [0.5, 0.6) is 0 Å². The Balaban J connectivity index is 2.05. The summed E-state index contributed by atoms with van der Waals surface area (Å²) in [6.45, 7) is 0.951. The lowest BCUT2D eigenvalue weighted by Gasteiger charge is -2.17. The highest BCUT2D eigenvalue weighted by Gasteiger charge is 2.43. The third-order valence-corrected chi connectivity index (χ3v) is 4.17. The first kappa shape index (κ1) is 16.3. The number of nitrogens with zero attached hydrogens (tertiary/aromatic N) is 3. The van der Waals surface area contributed by atoms with Crippen LogP contribution in [0.2, 0.25) is 0 Å². The van der Waals surface area contributed by atoms with Gasteiger partial charge in [-0.25, -0.2) is 9.97 Å². The molecule has 0 spiro atoms. The molecule has 2 aromatic heterocycles. The maximum absolute atomic E-state index is 11.2. The quantitative estimate of drug-likeness (QED) is 0.535. The van der Waals surface area contributed by atoms with E-state index in [1.54, 1.807) is 6.07 Å². The SMILES string of the molecule is CC(=O)Nc1cc2c(ncn2[C@H]2O[C@@H](CO)[C@@H](O)[C@@H]2O)c(Br)n1. The van der Waals surface area contributed by atoms with Gasteiger partial charge in [0.2, 0.25) is 5.91 Å². The second kappa shape index (κ2) is 6.13. The van der Waals surface area contributed by atoms with Gasteiger partial charge in [-0.15, -0.1) is 0 Å². The van der Waals surface area contributed by atoms with Crippen LogP contribution in [0.1, 0.15) is 13.2 Å². The van der Waals surface area contributed by atoms with Gasteiger partial charge in [0.05, 0.1) is 18.5 Å². The van der Waals surface area contributed by atoms with Crippen molar-refractivity contribution in [2.24, 2.45) is 0 Å². The summed E-state index contributed by atoms with van der Waals surface area (Å²) < 4.78 is 7.44. The molecule has 0 radical (unpaired) electrons. The van der Waals surface area contributed by atoms with E-state index in [1.807, 2.05) is 0 Å². The Bertz CT molecular complexity index is 751. The zero-order chi connectivity index (χ0) is 16.7. The zero-order valence-corrected chi connectivity index (χ0v) is 13.6. The number of rotatable bonds is 3. The molecule has 1 aliphatic rings. The molecule has 3 heterocycles. The van der Waals surface area contributed by atoms with Gasteiger partial charge in [0.1, 0.15) is 34.2 Å². The fraction of sp³-hybridized carbons (Fsp3) is 0.462. The molecular formula is C13H15BrN4O5. The number of carbonyl (C=O) groups excluding carboxylic acids is 1. The second-order valence-corrected chi connectivity index (χ2v) is 5.98. The molecule has 1 fully saturated rings. The van der Waals surface area contributed by atoms with E-state index >= 15 is 0 Å². The molecule has 0 bridgehead atoms. The molecule has 4 atom stereocenters. The molecule has 0 aromatic carbocycles. The first-order valence-electron chi connectivity index (χ1n) is 6.85. The maximum Gasteiger partial charge on any atom is 0.222 e. The molecule has 4 N–H and O–H groups in total. The monoisotopic (exact) mass is 386 g/mol. The molecular weight excluding hydrogens is 372 g/mol. The molecule has 0 aliphatic carbocycles. The van der Waals surface area contributed by atoms with Crippen LogP contribution in [0.4, 0.5) is 5.82 Å². The van der Waals surface area contributed by atoms with Gasteiger partial charge < -0.3 is 29.9 Å². The molecule has 1 amide bonds. The van der Waals surface area contributed by atoms with Crippen LogP contribution < -0.4 is 5.32 Å². The number of aliphatic hydroxyl groups is 3. The highest BCUT2D eigenvalue weighted by molar-refractivity contribution is 9.10. The normalized spacial score (nSPS) is 27.5. The predicted molar refractivity (Wildman–Crippen MR) is 82.5 cm³/mol. The highest BCUT2D eigenvalue weighted by Crippen LogP contribution is 2.33. The van der Waals surface area contributed by atoms with Crippen molar-refractivity contribution in [2.75, 3.05) is 11.9 Å². The van der Waals surface area contributed by atoms with E-state index in [1.165, 1.54) is 17.8 Å². The van der Waals surface area contributed by atoms with E-state index in [4.69, 9.17) is 4.74 Å². The Hall–Kier alpha value is -1.59. The lowest BCUT2D eigenvalue weighted by Crippen LogP contribution is -2.33. The summed E-state index contributed by atoms with van der Waals surface area (Å²) in [5.41, 5.74) is 1.06. The van der Waals surface area contributed by atoms with E-state index in [-0.39, 0.29) is 5.91 Å². The third-order valence-electron chi connectivity index (χ3n) is 3.61. The number of fused-ring (bicyclic) bond motifs is 1. The number of aliphatic hydroxyl groups excluding tert-OH is 3. The van der Waals surface area contributed by atoms with E-state index < -0.39 is 31.1 Å². The molecule has 10 heteroatoms. The molecule has 23 heavy (non-hydrogen) atoms. The first-order valence-corrected chi connectivity index (χ1v) is 7.64. The second-order valence-electron chi connectivity index (χ2n) is 5.23. The van der Waals surface area contributed by atoms with Crippen LogP contribution in [0.15, 0.2) is 17.0 Å².